The summed E-state index contributed by atoms with van der Waals surface area (Å²) in [7, 11) is 0. The Labute approximate surface area is 185 Å². The van der Waals surface area contributed by atoms with E-state index >= 15 is 0 Å². The number of hydrogen-bond acceptors (Lipinski definition) is 7. The van der Waals surface area contributed by atoms with Crippen molar-refractivity contribution in [2.45, 2.75) is 24.3 Å². The van der Waals surface area contributed by atoms with Gasteiger partial charge in [-0.1, -0.05) is 41.9 Å². The van der Waals surface area contributed by atoms with Crippen LogP contribution < -0.4 is 10.0 Å². The van der Waals surface area contributed by atoms with E-state index in [0.29, 0.717) is 22.1 Å². The first-order valence-corrected chi connectivity index (χ1v) is 10.6. The standard InChI is InChI=1S/C20H23Cl2N5OS/c1-3-14(20(22)23-2)19-15(21)10-11-17(26-19)27-29-18-9-7-8-16(25-18)24-12-5-4-6-13-28/h3,7-11,28H,1-2,4-6,12-13H2,(H,24,25)(H,26,27)/b20-14+. The number of anilines is 2. The molecule has 2 heterocycles. The Morgan fingerprint density at radius 1 is 1.17 bits per heavy atom. The van der Waals surface area contributed by atoms with E-state index in [1.54, 1.807) is 18.2 Å². The predicted molar refractivity (Wildman–Crippen MR) is 125 cm³/mol. The first-order chi connectivity index (χ1) is 14.1. The van der Waals surface area contributed by atoms with Gasteiger partial charge in [-0.2, -0.15) is 0 Å². The number of aliphatic hydroxyl groups excluding tert-OH is 1. The highest BCUT2D eigenvalue weighted by Gasteiger charge is 2.11. The summed E-state index contributed by atoms with van der Waals surface area (Å²) >= 11 is 13.7. The van der Waals surface area contributed by atoms with Crippen LogP contribution in [0.3, 0.4) is 0 Å². The first kappa shape index (κ1) is 23.2. The van der Waals surface area contributed by atoms with E-state index in [1.165, 1.54) is 11.9 Å². The molecule has 2 aromatic rings. The van der Waals surface area contributed by atoms with E-state index in [1.807, 2.05) is 18.2 Å². The van der Waals surface area contributed by atoms with Crippen molar-refractivity contribution in [3.8, 4) is 0 Å². The molecule has 0 saturated carbocycles. The Morgan fingerprint density at radius 2 is 2.00 bits per heavy atom. The molecule has 0 aliphatic rings. The molecule has 0 bridgehead atoms. The summed E-state index contributed by atoms with van der Waals surface area (Å²) in [6.07, 6.45) is 4.33. The minimum atomic E-state index is 0.179. The van der Waals surface area contributed by atoms with Crippen LogP contribution in [0.2, 0.25) is 5.02 Å². The van der Waals surface area contributed by atoms with Gasteiger partial charge in [0.05, 0.1) is 10.7 Å². The monoisotopic (exact) mass is 451 g/mol. The molecule has 6 nitrogen and oxygen atoms in total. The van der Waals surface area contributed by atoms with E-state index in [4.69, 9.17) is 28.3 Å². The molecule has 0 spiro atoms. The smallest absolute Gasteiger partial charge is 0.137 e. The number of nitrogens with one attached hydrogen (secondary N) is 2. The third-order valence-corrected chi connectivity index (χ3v) is 5.17. The van der Waals surface area contributed by atoms with Gasteiger partial charge in [0, 0.05) is 30.7 Å². The molecule has 0 radical (unpaired) electrons. The number of halogens is 2. The van der Waals surface area contributed by atoms with Crippen LogP contribution in [0.4, 0.5) is 11.6 Å². The molecule has 2 aromatic heterocycles. The van der Waals surface area contributed by atoms with E-state index in [9.17, 15) is 0 Å². The molecule has 29 heavy (non-hydrogen) atoms. The maximum Gasteiger partial charge on any atom is 0.137 e. The summed E-state index contributed by atoms with van der Waals surface area (Å²) in [5.41, 5.74) is 0.974. The second kappa shape index (κ2) is 12.5. The molecule has 3 N–H and O–H groups in total. The quantitative estimate of drug-likeness (QED) is 0.128. The second-order valence-corrected chi connectivity index (χ2v) is 7.46. The summed E-state index contributed by atoms with van der Waals surface area (Å²) in [6.45, 7) is 8.21. The average Bonchev–Trinajstić information content (AvgIpc) is 2.74. The number of aliphatic imine (C=N–C) groups is 1. The van der Waals surface area contributed by atoms with Gasteiger partial charge in [-0.25, -0.2) is 9.97 Å². The van der Waals surface area contributed by atoms with Crippen LogP contribution in [-0.4, -0.2) is 34.9 Å². The normalized spacial score (nSPS) is 11.6. The van der Waals surface area contributed by atoms with Gasteiger partial charge in [0.1, 0.15) is 21.8 Å². The van der Waals surface area contributed by atoms with Gasteiger partial charge in [0.25, 0.3) is 0 Å². The number of aliphatic hydroxyl groups is 1. The number of aromatic nitrogens is 2. The number of hydrogen-bond donors (Lipinski definition) is 3. The molecule has 2 rings (SSSR count). The Kier molecular flexibility index (Phi) is 10.0. The van der Waals surface area contributed by atoms with Gasteiger partial charge in [-0.15, -0.1) is 0 Å². The first-order valence-electron chi connectivity index (χ1n) is 8.99. The lowest BCUT2D eigenvalue weighted by atomic mass is 10.2. The summed E-state index contributed by atoms with van der Waals surface area (Å²) in [5.74, 6) is 1.39. The van der Waals surface area contributed by atoms with E-state index in [0.717, 1.165) is 36.7 Å². The van der Waals surface area contributed by atoms with Crippen molar-refractivity contribution >= 4 is 59.1 Å². The highest BCUT2D eigenvalue weighted by Crippen LogP contribution is 2.30. The Hall–Kier alpha value is -2.06. The minimum Gasteiger partial charge on any atom is -0.396 e. The number of pyridine rings is 2. The zero-order valence-electron chi connectivity index (χ0n) is 15.9. The maximum atomic E-state index is 8.81. The lowest BCUT2D eigenvalue weighted by molar-refractivity contribution is 0.283. The summed E-state index contributed by atoms with van der Waals surface area (Å²) in [4.78, 5) is 12.8. The predicted octanol–water partition coefficient (Wildman–Crippen LogP) is 5.62. The Morgan fingerprint density at radius 3 is 2.72 bits per heavy atom. The largest absolute Gasteiger partial charge is 0.396 e. The fourth-order valence-corrected chi connectivity index (χ4v) is 3.34. The maximum absolute atomic E-state index is 8.81. The topological polar surface area (TPSA) is 82.4 Å². The number of rotatable bonds is 12. The Bertz CT molecular complexity index is 876. The fourth-order valence-electron chi connectivity index (χ4n) is 2.36. The highest BCUT2D eigenvalue weighted by molar-refractivity contribution is 8.00. The van der Waals surface area contributed by atoms with Crippen molar-refractivity contribution in [3.05, 3.63) is 58.9 Å². The van der Waals surface area contributed by atoms with Crippen molar-refractivity contribution in [2.75, 3.05) is 23.2 Å². The van der Waals surface area contributed by atoms with Crippen molar-refractivity contribution in [2.24, 2.45) is 4.99 Å². The van der Waals surface area contributed by atoms with Crippen molar-refractivity contribution in [3.63, 3.8) is 0 Å². The third kappa shape index (κ3) is 7.36. The average molecular weight is 452 g/mol. The number of allylic oxidation sites excluding steroid dienone is 2. The van der Waals surface area contributed by atoms with E-state index in [2.05, 4.69) is 38.3 Å². The zero-order chi connectivity index (χ0) is 21.1. The van der Waals surface area contributed by atoms with Crippen LogP contribution in [0.1, 0.15) is 25.0 Å². The van der Waals surface area contributed by atoms with E-state index in [-0.39, 0.29) is 11.8 Å². The molecular formula is C20H23Cl2N5OS. The highest BCUT2D eigenvalue weighted by atomic mass is 35.5. The van der Waals surface area contributed by atoms with Crippen molar-refractivity contribution < 1.29 is 5.11 Å². The molecule has 0 aliphatic heterocycles. The fraction of sp³-hybridized carbons (Fsp3) is 0.250. The zero-order valence-corrected chi connectivity index (χ0v) is 18.2. The molecule has 0 amide bonds. The number of nitrogens with zero attached hydrogens (tertiary/aromatic N) is 3. The van der Waals surface area contributed by atoms with Crippen LogP contribution in [0.15, 0.2) is 58.2 Å². The molecule has 0 aliphatic carbocycles. The van der Waals surface area contributed by atoms with Gasteiger partial charge in [-0.3, -0.25) is 4.99 Å². The molecule has 0 aromatic carbocycles. The lowest BCUT2D eigenvalue weighted by Crippen LogP contribution is -2.04. The van der Waals surface area contributed by atoms with Gasteiger partial charge in [0.15, 0.2) is 0 Å². The summed E-state index contributed by atoms with van der Waals surface area (Å²) < 4.78 is 3.16. The molecule has 0 unspecified atom stereocenters. The Balaban J connectivity index is 2.03. The number of unbranched alkanes of at least 4 members (excludes halogenated alkanes) is 2. The van der Waals surface area contributed by atoms with Gasteiger partial charge in [-0.05, 0) is 50.2 Å². The SMILES string of the molecule is C=C/C(=C(/Cl)N=C)c1nc(NSc2cccc(NCCCCCO)n2)ccc1Cl. The molecule has 0 saturated heterocycles. The van der Waals surface area contributed by atoms with Crippen LogP contribution in [0.25, 0.3) is 5.57 Å². The van der Waals surface area contributed by atoms with Crippen LogP contribution >= 0.6 is 35.1 Å². The molecule has 9 heteroatoms. The third-order valence-electron chi connectivity index (χ3n) is 3.79. The summed E-state index contributed by atoms with van der Waals surface area (Å²) in [6, 6.07) is 9.24. The van der Waals surface area contributed by atoms with Crippen LogP contribution in [0.5, 0.6) is 0 Å². The van der Waals surface area contributed by atoms with Gasteiger partial charge >= 0.3 is 0 Å². The summed E-state index contributed by atoms with van der Waals surface area (Å²) in [5, 5.41) is 13.5. The molecule has 0 fully saturated rings. The molecule has 154 valence electrons. The van der Waals surface area contributed by atoms with Gasteiger partial charge in [0.2, 0.25) is 0 Å². The molecular weight excluding hydrogens is 429 g/mol. The van der Waals surface area contributed by atoms with E-state index < -0.39 is 0 Å². The molecule has 0 atom stereocenters. The van der Waals surface area contributed by atoms with Gasteiger partial charge < -0.3 is 15.1 Å². The minimum absolute atomic E-state index is 0.179. The second-order valence-electron chi connectivity index (χ2n) is 5.87. The van der Waals surface area contributed by atoms with Crippen LogP contribution in [0, 0.1) is 0 Å². The van der Waals surface area contributed by atoms with Crippen molar-refractivity contribution in [1.82, 2.24) is 9.97 Å². The lowest BCUT2D eigenvalue weighted by Gasteiger charge is -2.10. The van der Waals surface area contributed by atoms with Crippen molar-refractivity contribution in [1.29, 1.82) is 0 Å². The van der Waals surface area contributed by atoms with Crippen LogP contribution in [-0.2, 0) is 0 Å².